The van der Waals surface area contributed by atoms with Gasteiger partial charge in [0.25, 0.3) is 0 Å². The molecule has 2 nitrogen and oxygen atoms in total. The molecule has 1 aliphatic rings. The highest BCUT2D eigenvalue weighted by Gasteiger charge is 2.43. The summed E-state index contributed by atoms with van der Waals surface area (Å²) in [5, 5.41) is 10.5. The van der Waals surface area contributed by atoms with Crippen LogP contribution in [-0.4, -0.2) is 16.5 Å². The Morgan fingerprint density at radius 3 is 2.67 bits per heavy atom. The van der Waals surface area contributed by atoms with Crippen molar-refractivity contribution in [3.8, 4) is 0 Å². The van der Waals surface area contributed by atoms with Crippen LogP contribution in [0.3, 0.4) is 0 Å². The van der Waals surface area contributed by atoms with Gasteiger partial charge < -0.3 is 5.11 Å². The van der Waals surface area contributed by atoms with Gasteiger partial charge in [-0.25, -0.2) is 0 Å². The van der Waals surface area contributed by atoms with Crippen molar-refractivity contribution < 1.29 is 9.90 Å². The smallest absolute Gasteiger partial charge is 0.152 e. The maximum atomic E-state index is 10.9. The fourth-order valence-electron chi connectivity index (χ4n) is 1.78. The van der Waals surface area contributed by atoms with Crippen molar-refractivity contribution in [2.45, 2.75) is 32.8 Å². The molecule has 0 saturated carbocycles. The number of hydrogen-bond acceptors (Lipinski definition) is 2. The van der Waals surface area contributed by atoms with Gasteiger partial charge in [0, 0.05) is 5.41 Å². The summed E-state index contributed by atoms with van der Waals surface area (Å²) in [5.41, 5.74) is -0.811. The molecule has 0 amide bonds. The maximum Gasteiger partial charge on any atom is 0.152 e. The number of ketones is 1. The molecule has 0 bridgehead atoms. The van der Waals surface area contributed by atoms with E-state index in [9.17, 15) is 9.90 Å². The van der Waals surface area contributed by atoms with Gasteiger partial charge in [-0.05, 0) is 31.1 Å². The molecular weight excluding hydrogens is 188 g/mol. The fraction of sp³-hybridized carbons (Fsp3) is 0.462. The molecule has 0 fully saturated rings. The van der Waals surface area contributed by atoms with Crippen molar-refractivity contribution in [3.05, 3.63) is 36.5 Å². The zero-order valence-electron chi connectivity index (χ0n) is 9.58. The molecule has 82 valence electrons. The number of hydrogen-bond donors (Lipinski definition) is 1. The first-order valence-electron chi connectivity index (χ1n) is 5.08. The molecule has 0 aromatic rings. The van der Waals surface area contributed by atoms with Gasteiger partial charge >= 0.3 is 0 Å². The Morgan fingerprint density at radius 1 is 1.60 bits per heavy atom. The average molecular weight is 206 g/mol. The highest BCUT2D eigenvalue weighted by molar-refractivity contribution is 5.87. The second-order valence-corrected chi connectivity index (χ2v) is 4.73. The summed E-state index contributed by atoms with van der Waals surface area (Å²) >= 11 is 0. The van der Waals surface area contributed by atoms with Gasteiger partial charge in [0.2, 0.25) is 0 Å². The molecule has 1 rings (SSSR count). The van der Waals surface area contributed by atoms with E-state index in [1.165, 1.54) is 13.0 Å². The number of aliphatic hydroxyl groups is 1. The summed E-state index contributed by atoms with van der Waals surface area (Å²) in [5.74, 6) is -0.0680. The zero-order chi connectivity index (χ0) is 11.7. The van der Waals surface area contributed by atoms with Crippen LogP contribution in [0.5, 0.6) is 0 Å². The zero-order valence-corrected chi connectivity index (χ0v) is 9.58. The van der Waals surface area contributed by atoms with E-state index in [0.717, 1.165) is 6.42 Å². The summed E-state index contributed by atoms with van der Waals surface area (Å²) in [6.45, 7) is 9.24. The topological polar surface area (TPSA) is 37.3 Å². The van der Waals surface area contributed by atoms with Gasteiger partial charge in [-0.2, -0.15) is 0 Å². The van der Waals surface area contributed by atoms with E-state index in [1.807, 2.05) is 26.0 Å². The first-order chi connectivity index (χ1) is 6.79. The quantitative estimate of drug-likeness (QED) is 0.704. The van der Waals surface area contributed by atoms with E-state index in [4.69, 9.17) is 0 Å². The highest BCUT2D eigenvalue weighted by Crippen LogP contribution is 2.44. The van der Waals surface area contributed by atoms with E-state index in [1.54, 1.807) is 6.08 Å². The molecule has 0 radical (unpaired) electrons. The van der Waals surface area contributed by atoms with Crippen molar-refractivity contribution in [3.63, 3.8) is 0 Å². The summed E-state index contributed by atoms with van der Waals surface area (Å²) in [7, 11) is 0. The molecule has 0 aliphatic heterocycles. The molecule has 1 aliphatic carbocycles. The van der Waals surface area contributed by atoms with Crippen LogP contribution < -0.4 is 0 Å². The van der Waals surface area contributed by atoms with E-state index in [-0.39, 0.29) is 11.2 Å². The Kier molecular flexibility index (Phi) is 3.00. The molecule has 0 aromatic carbocycles. The van der Waals surface area contributed by atoms with Crippen molar-refractivity contribution in [1.29, 1.82) is 0 Å². The first-order valence-corrected chi connectivity index (χ1v) is 5.08. The van der Waals surface area contributed by atoms with E-state index in [2.05, 4.69) is 6.58 Å². The van der Waals surface area contributed by atoms with Crippen LogP contribution in [0, 0.1) is 5.41 Å². The van der Waals surface area contributed by atoms with E-state index in [0.29, 0.717) is 5.57 Å². The number of carbonyl (C=O) groups is 1. The first kappa shape index (κ1) is 11.9. The molecule has 0 saturated heterocycles. The minimum Gasteiger partial charge on any atom is -0.380 e. The Labute approximate surface area is 91.0 Å². The molecule has 0 heterocycles. The van der Waals surface area contributed by atoms with Crippen molar-refractivity contribution in [2.75, 3.05) is 0 Å². The number of rotatable bonds is 2. The minimum atomic E-state index is -1.12. The average Bonchev–Trinajstić information content (AvgIpc) is 2.11. The second kappa shape index (κ2) is 3.78. The van der Waals surface area contributed by atoms with Crippen LogP contribution in [0.4, 0.5) is 0 Å². The van der Waals surface area contributed by atoms with Crippen LogP contribution in [0.25, 0.3) is 0 Å². The Balaban J connectivity index is 3.12. The summed E-state index contributed by atoms with van der Waals surface area (Å²) in [6.07, 6.45) is 7.55. The minimum absolute atomic E-state index is 0.0680. The number of allylic oxidation sites excluding steroid dienone is 2. The third-order valence-electron chi connectivity index (χ3n) is 3.03. The van der Waals surface area contributed by atoms with Crippen molar-refractivity contribution in [2.24, 2.45) is 5.41 Å². The van der Waals surface area contributed by atoms with Gasteiger partial charge in [0.1, 0.15) is 5.60 Å². The lowest BCUT2D eigenvalue weighted by Crippen LogP contribution is -2.45. The Bertz CT molecular complexity index is 348. The largest absolute Gasteiger partial charge is 0.380 e. The van der Waals surface area contributed by atoms with Crippen LogP contribution in [0.2, 0.25) is 0 Å². The SMILES string of the molecule is C=C1C=CCC(C)(C)C1(O)/C=C/C(C)=O. The van der Waals surface area contributed by atoms with Crippen LogP contribution in [-0.2, 0) is 4.79 Å². The third-order valence-corrected chi connectivity index (χ3v) is 3.03. The monoisotopic (exact) mass is 206 g/mol. The van der Waals surface area contributed by atoms with Gasteiger partial charge in [-0.3, -0.25) is 4.79 Å². The molecular formula is C13H18O2. The van der Waals surface area contributed by atoms with Crippen LogP contribution in [0.1, 0.15) is 27.2 Å². The predicted octanol–water partition coefficient (Wildman–Crippen LogP) is 2.41. The van der Waals surface area contributed by atoms with Gasteiger partial charge in [-0.15, -0.1) is 0 Å². The Morgan fingerprint density at radius 2 is 2.20 bits per heavy atom. The highest BCUT2D eigenvalue weighted by atomic mass is 16.3. The normalized spacial score (nSPS) is 29.7. The van der Waals surface area contributed by atoms with E-state index >= 15 is 0 Å². The lowest BCUT2D eigenvalue weighted by atomic mass is 9.66. The maximum absolute atomic E-state index is 10.9. The summed E-state index contributed by atoms with van der Waals surface area (Å²) in [6, 6.07) is 0. The summed E-state index contributed by atoms with van der Waals surface area (Å²) < 4.78 is 0. The lowest BCUT2D eigenvalue weighted by molar-refractivity contribution is -0.112. The van der Waals surface area contributed by atoms with Gasteiger partial charge in [0.15, 0.2) is 5.78 Å². The molecule has 0 spiro atoms. The number of carbonyl (C=O) groups excluding carboxylic acids is 1. The molecule has 15 heavy (non-hydrogen) atoms. The van der Waals surface area contributed by atoms with Gasteiger partial charge in [0.05, 0.1) is 0 Å². The molecule has 2 heteroatoms. The molecule has 1 N–H and O–H groups in total. The van der Waals surface area contributed by atoms with E-state index < -0.39 is 5.60 Å². The van der Waals surface area contributed by atoms with Crippen LogP contribution >= 0.6 is 0 Å². The van der Waals surface area contributed by atoms with Gasteiger partial charge in [-0.1, -0.05) is 32.6 Å². The fourth-order valence-corrected chi connectivity index (χ4v) is 1.78. The second-order valence-electron chi connectivity index (χ2n) is 4.73. The predicted molar refractivity (Wildman–Crippen MR) is 61.4 cm³/mol. The molecule has 0 aromatic heterocycles. The molecule has 1 atom stereocenters. The standard InChI is InChI=1S/C13H18O2/c1-10-6-5-8-12(3,4)13(10,15)9-7-11(2)14/h5-7,9,15H,1,8H2,2-4H3/b9-7+. The lowest BCUT2D eigenvalue weighted by Gasteiger charge is -2.43. The Hall–Kier alpha value is -1.15. The third kappa shape index (κ3) is 2.10. The van der Waals surface area contributed by atoms with Crippen molar-refractivity contribution >= 4 is 5.78 Å². The van der Waals surface area contributed by atoms with Crippen LogP contribution in [0.15, 0.2) is 36.5 Å². The summed E-state index contributed by atoms with van der Waals surface area (Å²) in [4.78, 5) is 10.9. The van der Waals surface area contributed by atoms with Crippen molar-refractivity contribution in [1.82, 2.24) is 0 Å². The molecule has 1 unspecified atom stereocenters.